The molecule has 0 bridgehead atoms. The van der Waals surface area contributed by atoms with E-state index in [0.29, 0.717) is 11.5 Å². The van der Waals surface area contributed by atoms with E-state index in [9.17, 15) is 0 Å². The summed E-state index contributed by atoms with van der Waals surface area (Å²) in [6.07, 6.45) is 3.43. The lowest BCUT2D eigenvalue weighted by molar-refractivity contribution is 0.212. The van der Waals surface area contributed by atoms with Crippen LogP contribution in [0.25, 0.3) is 0 Å². The third kappa shape index (κ3) is 2.09. The van der Waals surface area contributed by atoms with Crippen molar-refractivity contribution in [2.75, 3.05) is 7.11 Å². The third-order valence-corrected chi connectivity index (χ3v) is 1.58. The topological polar surface area (TPSA) is 72.0 Å². The first-order valence-corrected chi connectivity index (χ1v) is 4.01. The normalized spacial score (nSPS) is 13.1. The lowest BCUT2D eigenvalue weighted by Gasteiger charge is -2.02. The Morgan fingerprint density at radius 1 is 1.64 bits per heavy atom. The monoisotopic (exact) mass is 196 g/mol. The number of aryl methyl sites for hydroxylation is 1. The van der Waals surface area contributed by atoms with Crippen LogP contribution in [0.2, 0.25) is 0 Å². The molecule has 1 aromatic heterocycles. The minimum Gasteiger partial charge on any atom is -0.411 e. The highest BCUT2D eigenvalue weighted by molar-refractivity contribution is 6.40. The van der Waals surface area contributed by atoms with Gasteiger partial charge in [0.2, 0.25) is 5.84 Å². The maximum absolute atomic E-state index is 8.61. The van der Waals surface area contributed by atoms with Crippen molar-refractivity contribution in [1.29, 1.82) is 0 Å². The van der Waals surface area contributed by atoms with Crippen LogP contribution in [0.15, 0.2) is 22.7 Å². The van der Waals surface area contributed by atoms with Gasteiger partial charge < -0.3 is 10.0 Å². The number of aromatic nitrogens is 2. The van der Waals surface area contributed by atoms with Gasteiger partial charge in [-0.1, -0.05) is 10.3 Å². The second kappa shape index (κ2) is 4.40. The molecule has 0 atom stereocenters. The van der Waals surface area contributed by atoms with Crippen LogP contribution in [-0.4, -0.2) is 33.6 Å². The highest BCUT2D eigenvalue weighted by atomic mass is 16.6. The van der Waals surface area contributed by atoms with Gasteiger partial charge in [-0.25, -0.2) is 4.68 Å². The van der Waals surface area contributed by atoms with E-state index < -0.39 is 0 Å². The Balaban J connectivity index is 3.07. The summed E-state index contributed by atoms with van der Waals surface area (Å²) in [5.41, 5.74) is 1.31. The second-order valence-electron chi connectivity index (χ2n) is 2.75. The smallest absolute Gasteiger partial charge is 0.217 e. The van der Waals surface area contributed by atoms with Crippen LogP contribution in [0.3, 0.4) is 0 Å². The first-order chi connectivity index (χ1) is 6.69. The van der Waals surface area contributed by atoms with E-state index >= 15 is 0 Å². The van der Waals surface area contributed by atoms with Gasteiger partial charge in [-0.05, 0) is 19.4 Å². The third-order valence-electron chi connectivity index (χ3n) is 1.58. The molecule has 0 aromatic carbocycles. The van der Waals surface area contributed by atoms with Crippen molar-refractivity contribution in [3.8, 4) is 0 Å². The van der Waals surface area contributed by atoms with Crippen LogP contribution in [0, 0.1) is 6.92 Å². The van der Waals surface area contributed by atoms with Gasteiger partial charge in [0, 0.05) is 6.20 Å². The molecule has 0 unspecified atom stereocenters. The van der Waals surface area contributed by atoms with E-state index in [-0.39, 0.29) is 0 Å². The van der Waals surface area contributed by atoms with Gasteiger partial charge in [-0.15, -0.1) is 0 Å². The van der Waals surface area contributed by atoms with Crippen LogP contribution in [0.1, 0.15) is 12.5 Å². The number of nitrogens with zero attached hydrogens (tertiary/aromatic N) is 4. The molecule has 14 heavy (non-hydrogen) atoms. The van der Waals surface area contributed by atoms with Gasteiger partial charge in [0.25, 0.3) is 0 Å². The molecular formula is C8H12N4O2. The Morgan fingerprint density at radius 2 is 2.36 bits per heavy atom. The van der Waals surface area contributed by atoms with Crippen LogP contribution in [0.5, 0.6) is 0 Å². The van der Waals surface area contributed by atoms with Gasteiger partial charge in [0.05, 0.1) is 6.20 Å². The number of hydrogen-bond donors (Lipinski definition) is 1. The maximum Gasteiger partial charge on any atom is 0.217 e. The molecule has 0 spiro atoms. The highest BCUT2D eigenvalue weighted by Gasteiger charge is 2.09. The Labute approximate surface area is 81.5 Å². The zero-order valence-electron chi connectivity index (χ0n) is 8.30. The molecule has 6 nitrogen and oxygen atoms in total. The van der Waals surface area contributed by atoms with Crippen molar-refractivity contribution in [3.63, 3.8) is 0 Å². The van der Waals surface area contributed by atoms with Crippen LogP contribution < -0.4 is 0 Å². The molecule has 0 aliphatic carbocycles. The van der Waals surface area contributed by atoms with Crippen molar-refractivity contribution < 1.29 is 10.0 Å². The van der Waals surface area contributed by atoms with Crippen LogP contribution in [-0.2, 0) is 4.84 Å². The van der Waals surface area contributed by atoms with Crippen molar-refractivity contribution in [2.24, 2.45) is 10.3 Å². The molecule has 0 aliphatic rings. The van der Waals surface area contributed by atoms with Crippen molar-refractivity contribution >= 4 is 11.5 Å². The van der Waals surface area contributed by atoms with Crippen molar-refractivity contribution in [2.45, 2.75) is 13.8 Å². The summed E-state index contributed by atoms with van der Waals surface area (Å²) >= 11 is 0. The molecule has 0 saturated heterocycles. The van der Waals surface area contributed by atoms with E-state index in [1.807, 2.05) is 6.92 Å². The largest absolute Gasteiger partial charge is 0.411 e. The van der Waals surface area contributed by atoms with E-state index in [2.05, 4.69) is 20.2 Å². The maximum atomic E-state index is 8.61. The Kier molecular flexibility index (Phi) is 3.22. The lowest BCUT2D eigenvalue weighted by Crippen LogP contribution is -2.21. The summed E-state index contributed by atoms with van der Waals surface area (Å²) in [6, 6.07) is 0. The van der Waals surface area contributed by atoms with Gasteiger partial charge in [-0.2, -0.15) is 5.10 Å². The number of oxime groups is 2. The molecule has 0 aliphatic heterocycles. The predicted octanol–water partition coefficient (Wildman–Crippen LogP) is 0.850. The summed E-state index contributed by atoms with van der Waals surface area (Å²) in [4.78, 5) is 4.63. The molecular weight excluding hydrogens is 184 g/mol. The summed E-state index contributed by atoms with van der Waals surface area (Å²) in [6.45, 7) is 3.51. The Hall–Kier alpha value is -1.85. The molecule has 1 rings (SSSR count). The van der Waals surface area contributed by atoms with E-state index in [4.69, 9.17) is 5.21 Å². The molecule has 1 aromatic rings. The number of hydrogen-bond acceptors (Lipinski definition) is 5. The molecule has 6 heteroatoms. The fourth-order valence-electron chi connectivity index (χ4n) is 0.934. The first kappa shape index (κ1) is 10.2. The lowest BCUT2D eigenvalue weighted by atomic mass is 10.4. The van der Waals surface area contributed by atoms with Gasteiger partial charge in [0.15, 0.2) is 0 Å². The molecule has 0 saturated carbocycles. The zero-order valence-corrected chi connectivity index (χ0v) is 8.30. The molecule has 76 valence electrons. The van der Waals surface area contributed by atoms with E-state index in [1.165, 1.54) is 11.8 Å². The molecule has 1 N–H and O–H groups in total. The van der Waals surface area contributed by atoms with Gasteiger partial charge in [0.1, 0.15) is 12.8 Å². The van der Waals surface area contributed by atoms with Crippen molar-refractivity contribution in [3.05, 3.63) is 18.0 Å². The fourth-order valence-corrected chi connectivity index (χ4v) is 0.934. The quantitative estimate of drug-likeness (QED) is 0.330. The minimum atomic E-state index is 0.329. The minimum absolute atomic E-state index is 0.329. The predicted molar refractivity (Wildman–Crippen MR) is 51.7 cm³/mol. The average Bonchev–Trinajstić information content (AvgIpc) is 2.60. The van der Waals surface area contributed by atoms with Crippen molar-refractivity contribution in [1.82, 2.24) is 9.78 Å². The Morgan fingerprint density at radius 3 is 2.79 bits per heavy atom. The average molecular weight is 196 g/mol. The molecule has 0 amide bonds. The van der Waals surface area contributed by atoms with Crippen LogP contribution >= 0.6 is 0 Å². The summed E-state index contributed by atoms with van der Waals surface area (Å²) in [7, 11) is 1.42. The van der Waals surface area contributed by atoms with Gasteiger partial charge >= 0.3 is 0 Å². The van der Waals surface area contributed by atoms with E-state index in [0.717, 1.165) is 5.56 Å². The zero-order chi connectivity index (χ0) is 10.6. The SMILES string of the molecule is CO/N=C(/C(C)=N/O)n1cc(C)cn1. The summed E-state index contributed by atoms with van der Waals surface area (Å²) < 4.78 is 1.48. The molecule has 1 heterocycles. The molecule has 0 radical (unpaired) electrons. The summed E-state index contributed by atoms with van der Waals surface area (Å²) in [5, 5.41) is 19.4. The first-order valence-electron chi connectivity index (χ1n) is 4.01. The highest BCUT2D eigenvalue weighted by Crippen LogP contribution is 1.97. The van der Waals surface area contributed by atoms with Crippen LogP contribution in [0.4, 0.5) is 0 Å². The molecule has 0 fully saturated rings. The summed E-state index contributed by atoms with van der Waals surface area (Å²) in [5.74, 6) is 0.350. The second-order valence-corrected chi connectivity index (χ2v) is 2.75. The standard InChI is InChI=1S/C8H12N4O2/c1-6-4-9-12(5-6)8(11-14-3)7(2)10-13/h4-5,13H,1-3H3/b10-7+,11-8-. The Bertz CT molecular complexity index is 367. The van der Waals surface area contributed by atoms with E-state index in [1.54, 1.807) is 19.3 Å². The van der Waals surface area contributed by atoms with Gasteiger partial charge in [-0.3, -0.25) is 0 Å². The number of rotatable bonds is 2. The fraction of sp³-hybridized carbons (Fsp3) is 0.375.